The third-order valence-electron chi connectivity index (χ3n) is 2.26. The predicted octanol–water partition coefficient (Wildman–Crippen LogP) is 4.19. The van der Waals surface area contributed by atoms with E-state index in [-0.39, 0.29) is 0 Å². The molecular weight excluding hydrogens is 258 g/mol. The molecule has 1 atom stereocenters. The van der Waals surface area contributed by atoms with Gasteiger partial charge in [0.2, 0.25) is 0 Å². The van der Waals surface area contributed by atoms with Crippen molar-refractivity contribution in [1.29, 1.82) is 0 Å². The standard InChI is InChI=1S/C11H18BrNS/c1-8(2)10(12)5-4-6-11-13-9(3)7-14-11/h7-8,10H,4-6H2,1-3H3. The van der Waals surface area contributed by atoms with E-state index < -0.39 is 0 Å². The number of thiazole rings is 1. The van der Waals surface area contributed by atoms with Crippen molar-refractivity contribution in [3.05, 3.63) is 16.1 Å². The third-order valence-corrected chi connectivity index (χ3v) is 4.80. The highest BCUT2D eigenvalue weighted by atomic mass is 79.9. The summed E-state index contributed by atoms with van der Waals surface area (Å²) in [5.74, 6) is 0.730. The lowest BCUT2D eigenvalue weighted by atomic mass is 10.1. The van der Waals surface area contributed by atoms with Crippen LogP contribution in [-0.4, -0.2) is 9.81 Å². The quantitative estimate of drug-likeness (QED) is 0.735. The number of aryl methyl sites for hydroxylation is 2. The SMILES string of the molecule is Cc1csc(CCCC(Br)C(C)C)n1. The summed E-state index contributed by atoms with van der Waals surface area (Å²) in [6.07, 6.45) is 3.62. The topological polar surface area (TPSA) is 12.9 Å². The molecule has 0 amide bonds. The third kappa shape index (κ3) is 4.09. The van der Waals surface area contributed by atoms with Crippen LogP contribution in [0.4, 0.5) is 0 Å². The number of aromatic nitrogens is 1. The minimum Gasteiger partial charge on any atom is -0.247 e. The van der Waals surface area contributed by atoms with Gasteiger partial charge in [-0.1, -0.05) is 29.8 Å². The van der Waals surface area contributed by atoms with Gasteiger partial charge in [0.25, 0.3) is 0 Å². The van der Waals surface area contributed by atoms with Crippen molar-refractivity contribution in [3.8, 4) is 0 Å². The van der Waals surface area contributed by atoms with Gasteiger partial charge in [0.1, 0.15) is 0 Å². The average Bonchev–Trinajstić information content (AvgIpc) is 2.51. The van der Waals surface area contributed by atoms with E-state index in [2.05, 4.69) is 47.1 Å². The summed E-state index contributed by atoms with van der Waals surface area (Å²) in [6, 6.07) is 0. The van der Waals surface area contributed by atoms with E-state index in [0.29, 0.717) is 4.83 Å². The zero-order valence-electron chi connectivity index (χ0n) is 9.09. The van der Waals surface area contributed by atoms with Crippen LogP contribution in [0.25, 0.3) is 0 Å². The van der Waals surface area contributed by atoms with Crippen LogP contribution < -0.4 is 0 Å². The fourth-order valence-corrected chi connectivity index (χ4v) is 2.44. The smallest absolute Gasteiger partial charge is 0.0928 e. The lowest BCUT2D eigenvalue weighted by molar-refractivity contribution is 0.562. The van der Waals surface area contributed by atoms with E-state index in [0.717, 1.165) is 18.0 Å². The van der Waals surface area contributed by atoms with Crippen molar-refractivity contribution in [2.45, 2.75) is 44.9 Å². The maximum atomic E-state index is 4.46. The maximum Gasteiger partial charge on any atom is 0.0928 e. The molecule has 0 spiro atoms. The molecule has 14 heavy (non-hydrogen) atoms. The number of alkyl halides is 1. The Morgan fingerprint density at radius 3 is 2.71 bits per heavy atom. The second-order valence-corrected chi connectivity index (χ2v) is 6.15. The Labute approximate surface area is 99.1 Å². The van der Waals surface area contributed by atoms with Crippen LogP contribution >= 0.6 is 27.3 Å². The molecule has 1 unspecified atom stereocenters. The second-order valence-electron chi connectivity index (χ2n) is 4.03. The fraction of sp³-hybridized carbons (Fsp3) is 0.727. The highest BCUT2D eigenvalue weighted by Crippen LogP contribution is 2.19. The summed E-state index contributed by atoms with van der Waals surface area (Å²) < 4.78 is 0. The highest BCUT2D eigenvalue weighted by Gasteiger charge is 2.08. The van der Waals surface area contributed by atoms with Gasteiger partial charge in [0, 0.05) is 15.9 Å². The van der Waals surface area contributed by atoms with Crippen LogP contribution in [0.2, 0.25) is 0 Å². The molecule has 1 aromatic heterocycles. The molecule has 0 aliphatic heterocycles. The van der Waals surface area contributed by atoms with Crippen LogP contribution in [0.5, 0.6) is 0 Å². The zero-order chi connectivity index (χ0) is 10.6. The Hall–Kier alpha value is 0.110. The number of hydrogen-bond acceptors (Lipinski definition) is 2. The molecule has 0 bridgehead atoms. The lowest BCUT2D eigenvalue weighted by Gasteiger charge is -2.12. The van der Waals surface area contributed by atoms with Gasteiger partial charge in [-0.25, -0.2) is 4.98 Å². The molecular formula is C11H18BrNS. The molecule has 0 fully saturated rings. The van der Waals surface area contributed by atoms with E-state index in [1.54, 1.807) is 11.3 Å². The number of halogens is 1. The van der Waals surface area contributed by atoms with Gasteiger partial charge in [-0.2, -0.15) is 0 Å². The fourth-order valence-electron chi connectivity index (χ4n) is 1.30. The molecule has 0 aliphatic carbocycles. The molecule has 1 aromatic rings. The first-order chi connectivity index (χ1) is 6.59. The summed E-state index contributed by atoms with van der Waals surface area (Å²) in [6.45, 7) is 6.57. The summed E-state index contributed by atoms with van der Waals surface area (Å²) in [5, 5.41) is 3.41. The minimum atomic E-state index is 0.656. The van der Waals surface area contributed by atoms with Crippen molar-refractivity contribution < 1.29 is 0 Å². The van der Waals surface area contributed by atoms with E-state index in [9.17, 15) is 0 Å². The van der Waals surface area contributed by atoms with Gasteiger partial charge >= 0.3 is 0 Å². The molecule has 0 radical (unpaired) electrons. The zero-order valence-corrected chi connectivity index (χ0v) is 11.5. The number of hydrogen-bond donors (Lipinski definition) is 0. The molecule has 3 heteroatoms. The molecule has 0 saturated heterocycles. The number of rotatable bonds is 5. The second kappa shape index (κ2) is 5.86. The molecule has 1 heterocycles. The van der Waals surface area contributed by atoms with Crippen LogP contribution in [0, 0.1) is 12.8 Å². The largest absolute Gasteiger partial charge is 0.247 e. The van der Waals surface area contributed by atoms with E-state index in [1.807, 2.05) is 0 Å². The number of nitrogens with zero attached hydrogens (tertiary/aromatic N) is 1. The molecule has 80 valence electrons. The molecule has 0 N–H and O–H groups in total. The van der Waals surface area contributed by atoms with Crippen molar-refractivity contribution in [2.75, 3.05) is 0 Å². The molecule has 1 nitrogen and oxygen atoms in total. The Morgan fingerprint density at radius 1 is 1.50 bits per heavy atom. The predicted molar refractivity (Wildman–Crippen MR) is 67.3 cm³/mol. The monoisotopic (exact) mass is 275 g/mol. The van der Waals surface area contributed by atoms with Crippen LogP contribution in [-0.2, 0) is 6.42 Å². The van der Waals surface area contributed by atoms with Gasteiger partial charge in [-0.3, -0.25) is 0 Å². The molecule has 0 saturated carbocycles. The van der Waals surface area contributed by atoms with Gasteiger partial charge in [0.15, 0.2) is 0 Å². The summed E-state index contributed by atoms with van der Waals surface area (Å²) >= 11 is 5.49. The normalized spacial score (nSPS) is 13.5. The molecule has 0 aromatic carbocycles. The summed E-state index contributed by atoms with van der Waals surface area (Å²) in [4.78, 5) is 5.11. The highest BCUT2D eigenvalue weighted by molar-refractivity contribution is 9.09. The van der Waals surface area contributed by atoms with E-state index >= 15 is 0 Å². The van der Waals surface area contributed by atoms with Crippen molar-refractivity contribution in [2.24, 2.45) is 5.92 Å². The Bertz CT molecular complexity index is 270. The summed E-state index contributed by atoms with van der Waals surface area (Å²) in [7, 11) is 0. The summed E-state index contributed by atoms with van der Waals surface area (Å²) in [5.41, 5.74) is 1.16. The van der Waals surface area contributed by atoms with Crippen molar-refractivity contribution in [3.63, 3.8) is 0 Å². The first kappa shape index (κ1) is 12.2. The lowest BCUT2D eigenvalue weighted by Crippen LogP contribution is -2.06. The van der Waals surface area contributed by atoms with Crippen molar-refractivity contribution >= 4 is 27.3 Å². The van der Waals surface area contributed by atoms with Crippen LogP contribution in [0.1, 0.15) is 37.4 Å². The van der Waals surface area contributed by atoms with Crippen molar-refractivity contribution in [1.82, 2.24) is 4.98 Å². The minimum absolute atomic E-state index is 0.656. The van der Waals surface area contributed by atoms with E-state index in [1.165, 1.54) is 17.8 Å². The Balaban J connectivity index is 2.22. The maximum absolute atomic E-state index is 4.46. The Kier molecular flexibility index (Phi) is 5.10. The van der Waals surface area contributed by atoms with Crippen LogP contribution in [0.3, 0.4) is 0 Å². The van der Waals surface area contributed by atoms with Gasteiger partial charge in [-0.15, -0.1) is 11.3 Å². The molecule has 1 rings (SSSR count). The van der Waals surface area contributed by atoms with Gasteiger partial charge < -0.3 is 0 Å². The first-order valence-corrected chi connectivity index (χ1v) is 6.94. The molecule has 0 aliphatic rings. The van der Waals surface area contributed by atoms with E-state index in [4.69, 9.17) is 0 Å². The van der Waals surface area contributed by atoms with Crippen LogP contribution in [0.15, 0.2) is 5.38 Å². The Morgan fingerprint density at radius 2 is 2.21 bits per heavy atom. The average molecular weight is 276 g/mol. The first-order valence-electron chi connectivity index (χ1n) is 5.14. The van der Waals surface area contributed by atoms with Gasteiger partial charge in [0.05, 0.1) is 5.01 Å². The van der Waals surface area contributed by atoms with Gasteiger partial charge in [-0.05, 0) is 32.1 Å².